The number of nitrogens with one attached hydrogen (secondary N) is 1. The summed E-state index contributed by atoms with van der Waals surface area (Å²) in [7, 11) is 0. The normalized spacial score (nSPS) is 21.7. The van der Waals surface area contributed by atoms with Crippen LogP contribution in [0.15, 0.2) is 0 Å². The Labute approximate surface area is 112 Å². The number of rotatable bonds is 9. The van der Waals surface area contributed by atoms with Gasteiger partial charge in [-0.2, -0.15) is 0 Å². The van der Waals surface area contributed by atoms with Gasteiger partial charge in [-0.25, -0.2) is 0 Å². The van der Waals surface area contributed by atoms with Gasteiger partial charge in [0.1, 0.15) is 0 Å². The number of hydrogen-bond acceptors (Lipinski definition) is 4. The summed E-state index contributed by atoms with van der Waals surface area (Å²) in [5.74, 6) is 0.730. The number of ether oxygens (including phenoxy) is 2. The fraction of sp³-hybridized carbons (Fsp3) is 1.00. The van der Waals surface area contributed by atoms with Crippen molar-refractivity contribution in [2.24, 2.45) is 5.92 Å². The highest BCUT2D eigenvalue weighted by Gasteiger charge is 2.18. The van der Waals surface area contributed by atoms with E-state index in [0.717, 1.165) is 64.9 Å². The fourth-order valence-electron chi connectivity index (χ4n) is 2.02. The van der Waals surface area contributed by atoms with Crippen molar-refractivity contribution in [3.63, 3.8) is 0 Å². The van der Waals surface area contributed by atoms with Crippen molar-refractivity contribution in [1.82, 2.24) is 10.2 Å². The maximum absolute atomic E-state index is 5.72. The summed E-state index contributed by atoms with van der Waals surface area (Å²) in [4.78, 5) is 2.44. The molecule has 1 heterocycles. The standard InChI is InChI=1S/C14H30N2O2/c1-4-16-7-10-18-14(12-16)11-15-6-9-17-8-5-13(2)3/h13-15H,4-12H2,1-3H3. The Hall–Kier alpha value is -0.160. The first-order chi connectivity index (χ1) is 8.72. The highest BCUT2D eigenvalue weighted by molar-refractivity contribution is 4.72. The summed E-state index contributed by atoms with van der Waals surface area (Å²) < 4.78 is 11.3. The van der Waals surface area contributed by atoms with Crippen molar-refractivity contribution < 1.29 is 9.47 Å². The Morgan fingerprint density at radius 3 is 2.94 bits per heavy atom. The van der Waals surface area contributed by atoms with Crippen LogP contribution in [0, 0.1) is 5.92 Å². The van der Waals surface area contributed by atoms with Crippen LogP contribution in [0.4, 0.5) is 0 Å². The molecule has 1 atom stereocenters. The Morgan fingerprint density at radius 1 is 1.39 bits per heavy atom. The van der Waals surface area contributed by atoms with E-state index in [-0.39, 0.29) is 0 Å². The second kappa shape index (κ2) is 9.73. The summed E-state index contributed by atoms with van der Waals surface area (Å²) in [5.41, 5.74) is 0. The van der Waals surface area contributed by atoms with Crippen LogP contribution in [0.2, 0.25) is 0 Å². The largest absolute Gasteiger partial charge is 0.380 e. The summed E-state index contributed by atoms with van der Waals surface area (Å²) in [6.07, 6.45) is 1.49. The lowest BCUT2D eigenvalue weighted by Gasteiger charge is -2.32. The monoisotopic (exact) mass is 258 g/mol. The van der Waals surface area contributed by atoms with Gasteiger partial charge in [-0.3, -0.25) is 4.90 Å². The lowest BCUT2D eigenvalue weighted by molar-refractivity contribution is -0.0258. The predicted molar refractivity (Wildman–Crippen MR) is 75.0 cm³/mol. The van der Waals surface area contributed by atoms with E-state index in [2.05, 4.69) is 31.0 Å². The molecular weight excluding hydrogens is 228 g/mol. The molecule has 0 amide bonds. The quantitative estimate of drug-likeness (QED) is 0.633. The van der Waals surface area contributed by atoms with Crippen molar-refractivity contribution in [2.75, 3.05) is 52.5 Å². The third-order valence-corrected chi connectivity index (χ3v) is 3.30. The highest BCUT2D eigenvalue weighted by Crippen LogP contribution is 2.03. The first-order valence-corrected chi connectivity index (χ1v) is 7.34. The van der Waals surface area contributed by atoms with Gasteiger partial charge in [-0.15, -0.1) is 0 Å². The minimum Gasteiger partial charge on any atom is -0.380 e. The molecule has 0 aromatic heterocycles. The van der Waals surface area contributed by atoms with Gasteiger partial charge in [0.05, 0.1) is 19.3 Å². The molecule has 18 heavy (non-hydrogen) atoms. The van der Waals surface area contributed by atoms with E-state index in [4.69, 9.17) is 9.47 Å². The van der Waals surface area contributed by atoms with Crippen LogP contribution in [0.3, 0.4) is 0 Å². The molecule has 0 bridgehead atoms. The van der Waals surface area contributed by atoms with E-state index in [1.165, 1.54) is 0 Å². The lowest BCUT2D eigenvalue weighted by atomic mass is 10.1. The van der Waals surface area contributed by atoms with E-state index < -0.39 is 0 Å². The Bertz CT molecular complexity index is 200. The zero-order chi connectivity index (χ0) is 13.2. The molecule has 1 fully saturated rings. The second-order valence-electron chi connectivity index (χ2n) is 5.39. The molecule has 0 saturated carbocycles. The van der Waals surface area contributed by atoms with Crippen LogP contribution >= 0.6 is 0 Å². The number of hydrogen-bond donors (Lipinski definition) is 1. The minimum atomic E-state index is 0.342. The van der Waals surface area contributed by atoms with Crippen LogP contribution in [0.25, 0.3) is 0 Å². The van der Waals surface area contributed by atoms with Gasteiger partial charge in [0, 0.05) is 32.8 Å². The molecule has 4 nitrogen and oxygen atoms in total. The van der Waals surface area contributed by atoms with Crippen molar-refractivity contribution in [1.29, 1.82) is 0 Å². The van der Waals surface area contributed by atoms with Gasteiger partial charge in [0.25, 0.3) is 0 Å². The average Bonchev–Trinajstić information content (AvgIpc) is 2.37. The van der Waals surface area contributed by atoms with Gasteiger partial charge in [-0.05, 0) is 18.9 Å². The van der Waals surface area contributed by atoms with E-state index in [1.54, 1.807) is 0 Å². The molecule has 1 rings (SSSR count). The molecule has 1 saturated heterocycles. The maximum atomic E-state index is 5.72. The highest BCUT2D eigenvalue weighted by atomic mass is 16.5. The summed E-state index contributed by atoms with van der Waals surface area (Å²) in [5, 5.41) is 3.41. The lowest BCUT2D eigenvalue weighted by Crippen LogP contribution is -2.46. The Morgan fingerprint density at radius 2 is 2.22 bits per heavy atom. The van der Waals surface area contributed by atoms with Crippen molar-refractivity contribution >= 4 is 0 Å². The Balaban J connectivity index is 1.91. The molecule has 1 unspecified atom stereocenters. The molecular formula is C14H30N2O2. The third-order valence-electron chi connectivity index (χ3n) is 3.30. The van der Waals surface area contributed by atoms with Gasteiger partial charge in [0.2, 0.25) is 0 Å². The van der Waals surface area contributed by atoms with Crippen molar-refractivity contribution in [3.8, 4) is 0 Å². The molecule has 1 N–H and O–H groups in total. The van der Waals surface area contributed by atoms with E-state index >= 15 is 0 Å². The first kappa shape index (κ1) is 15.9. The topological polar surface area (TPSA) is 33.7 Å². The number of morpholine rings is 1. The van der Waals surface area contributed by atoms with Crippen LogP contribution in [0.1, 0.15) is 27.2 Å². The van der Waals surface area contributed by atoms with Crippen LogP contribution in [0.5, 0.6) is 0 Å². The SMILES string of the molecule is CCN1CCOC(CNCCOCCC(C)C)C1. The smallest absolute Gasteiger partial charge is 0.0826 e. The molecule has 0 spiro atoms. The minimum absolute atomic E-state index is 0.342. The number of likely N-dealkylation sites (N-methyl/N-ethyl adjacent to an activating group) is 1. The van der Waals surface area contributed by atoms with Gasteiger partial charge in [0.15, 0.2) is 0 Å². The van der Waals surface area contributed by atoms with Gasteiger partial charge >= 0.3 is 0 Å². The predicted octanol–water partition coefficient (Wildman–Crippen LogP) is 1.36. The average molecular weight is 258 g/mol. The van der Waals surface area contributed by atoms with Crippen LogP contribution in [-0.4, -0.2) is 63.5 Å². The Kier molecular flexibility index (Phi) is 8.59. The second-order valence-corrected chi connectivity index (χ2v) is 5.39. The van der Waals surface area contributed by atoms with Crippen molar-refractivity contribution in [2.45, 2.75) is 33.3 Å². The summed E-state index contributed by atoms with van der Waals surface area (Å²) >= 11 is 0. The van der Waals surface area contributed by atoms with E-state index in [1.807, 2.05) is 0 Å². The molecule has 0 aromatic carbocycles. The van der Waals surface area contributed by atoms with E-state index in [9.17, 15) is 0 Å². The van der Waals surface area contributed by atoms with Gasteiger partial charge in [-0.1, -0.05) is 20.8 Å². The summed E-state index contributed by atoms with van der Waals surface area (Å²) in [6.45, 7) is 14.3. The molecule has 1 aliphatic heterocycles. The molecule has 4 heteroatoms. The third kappa shape index (κ3) is 7.31. The molecule has 1 aliphatic rings. The first-order valence-electron chi connectivity index (χ1n) is 7.34. The molecule has 108 valence electrons. The van der Waals surface area contributed by atoms with E-state index in [0.29, 0.717) is 6.10 Å². The zero-order valence-electron chi connectivity index (χ0n) is 12.3. The van der Waals surface area contributed by atoms with Crippen molar-refractivity contribution in [3.05, 3.63) is 0 Å². The van der Waals surface area contributed by atoms with Crippen LogP contribution < -0.4 is 5.32 Å². The zero-order valence-corrected chi connectivity index (χ0v) is 12.3. The molecule has 0 aromatic rings. The maximum Gasteiger partial charge on any atom is 0.0826 e. The number of nitrogens with zero attached hydrogens (tertiary/aromatic N) is 1. The molecule has 0 aliphatic carbocycles. The van der Waals surface area contributed by atoms with Gasteiger partial charge < -0.3 is 14.8 Å². The summed E-state index contributed by atoms with van der Waals surface area (Å²) in [6, 6.07) is 0. The fourth-order valence-corrected chi connectivity index (χ4v) is 2.02. The van der Waals surface area contributed by atoms with Crippen LogP contribution in [-0.2, 0) is 9.47 Å². The molecule has 0 radical (unpaired) electrons.